The number of halogens is 2. The quantitative estimate of drug-likeness (QED) is 0.128. The second-order valence-electron chi connectivity index (χ2n) is 5.81. The molecule has 3 heterocycles. The molecule has 3 aromatic rings. The van der Waals surface area contributed by atoms with E-state index in [1.807, 2.05) is 0 Å². The Morgan fingerprint density at radius 3 is 1.80 bits per heavy atom. The van der Waals surface area contributed by atoms with Crippen molar-refractivity contribution < 1.29 is 48.0 Å². The van der Waals surface area contributed by atoms with Crippen LogP contribution in [0.1, 0.15) is 24.2 Å². The number of thiazole rings is 3. The Morgan fingerprint density at radius 1 is 0.950 bits per heavy atom. The highest BCUT2D eigenvalue weighted by Gasteiger charge is 2.12. The summed E-state index contributed by atoms with van der Waals surface area (Å²) in [7, 11) is 5.13. The van der Waals surface area contributed by atoms with Gasteiger partial charge in [0.05, 0.1) is 58.5 Å². The minimum atomic E-state index is -1.15. The van der Waals surface area contributed by atoms with Crippen molar-refractivity contribution in [1.82, 2.24) is 15.0 Å². The van der Waals surface area contributed by atoms with Gasteiger partial charge in [0, 0.05) is 11.1 Å². The number of hydrogen-bond donors (Lipinski definition) is 2. The Balaban J connectivity index is 0. The summed E-state index contributed by atoms with van der Waals surface area (Å²) in [6.07, 6.45) is 4.85. The third kappa shape index (κ3) is 18.9. The number of carbonyl (C=O) groups is 5. The maximum Gasteiger partial charge on any atom is 0.349 e. The first kappa shape index (κ1) is 38.9. The van der Waals surface area contributed by atoms with Gasteiger partial charge in [0.1, 0.15) is 21.9 Å². The molecule has 222 valence electrons. The van der Waals surface area contributed by atoms with Crippen LogP contribution in [0.5, 0.6) is 0 Å². The van der Waals surface area contributed by atoms with Crippen LogP contribution >= 0.6 is 57.2 Å². The number of nitrogens with zero attached hydrogens (tertiary/aromatic N) is 3. The Labute approximate surface area is 251 Å². The zero-order valence-corrected chi connectivity index (χ0v) is 25.4. The van der Waals surface area contributed by atoms with Gasteiger partial charge in [0.15, 0.2) is 10.5 Å². The number of ether oxygens (including phenoxy) is 4. The molecule has 0 aliphatic heterocycles. The van der Waals surface area contributed by atoms with Crippen molar-refractivity contribution in [2.24, 2.45) is 0 Å². The molecule has 1 atom stereocenters. The first-order valence-corrected chi connectivity index (χ1v) is 13.6. The molecule has 3 rings (SSSR count). The van der Waals surface area contributed by atoms with Crippen molar-refractivity contribution in [2.75, 3.05) is 40.1 Å². The van der Waals surface area contributed by atoms with E-state index >= 15 is 0 Å². The molecule has 0 bridgehead atoms. The van der Waals surface area contributed by atoms with Crippen molar-refractivity contribution >= 4 is 92.5 Å². The number of anilines is 1. The molecule has 0 fully saturated rings. The van der Waals surface area contributed by atoms with E-state index in [1.165, 1.54) is 63.5 Å². The predicted molar refractivity (Wildman–Crippen MR) is 150 cm³/mol. The van der Waals surface area contributed by atoms with Crippen LogP contribution < -0.4 is 5.73 Å². The van der Waals surface area contributed by atoms with E-state index < -0.39 is 23.3 Å². The van der Waals surface area contributed by atoms with Gasteiger partial charge in [0.2, 0.25) is 0 Å². The summed E-state index contributed by atoms with van der Waals surface area (Å²) in [6.45, 7) is 0.116. The SMILES string of the molecule is COC(=O)C(Cl)C=O.COC(=O)CCl.COC(=O)c1cnc(N)s1.COC(=O)c1cncs1.OCc1cncs1. The zero-order valence-electron chi connectivity index (χ0n) is 21.5. The lowest BCUT2D eigenvalue weighted by atomic mass is 10.5. The van der Waals surface area contributed by atoms with E-state index in [4.69, 9.17) is 34.0 Å². The molecule has 1 unspecified atom stereocenters. The number of methoxy groups -OCH3 is 4. The Hall–Kier alpha value is -3.22. The number of aromatic nitrogens is 3. The lowest BCUT2D eigenvalue weighted by Gasteiger charge is -1.95. The summed E-state index contributed by atoms with van der Waals surface area (Å²) in [6, 6.07) is 0. The van der Waals surface area contributed by atoms with Gasteiger partial charge in [-0.25, -0.2) is 19.4 Å². The number of hydrogen-bond acceptors (Lipinski definition) is 17. The fraction of sp³-hybridized carbons (Fsp3) is 0.333. The summed E-state index contributed by atoms with van der Waals surface area (Å²) < 4.78 is 17.1. The monoisotopic (exact) mass is 660 g/mol. The smallest absolute Gasteiger partial charge is 0.349 e. The number of rotatable bonds is 6. The molecular weight excluding hydrogens is 635 g/mol. The minimum Gasteiger partial charge on any atom is -0.468 e. The van der Waals surface area contributed by atoms with E-state index in [1.54, 1.807) is 17.2 Å². The number of nitrogens with two attached hydrogens (primary N) is 1. The largest absolute Gasteiger partial charge is 0.468 e. The molecule has 0 aliphatic carbocycles. The van der Waals surface area contributed by atoms with Crippen molar-refractivity contribution in [3.05, 3.63) is 44.2 Å². The fourth-order valence-corrected chi connectivity index (χ4v) is 3.23. The number of aliphatic hydroxyl groups is 1. The van der Waals surface area contributed by atoms with Crippen molar-refractivity contribution in [1.29, 1.82) is 0 Å². The summed E-state index contributed by atoms with van der Waals surface area (Å²) in [5.41, 5.74) is 8.56. The molecule has 0 radical (unpaired) electrons. The second kappa shape index (κ2) is 24.8. The van der Waals surface area contributed by atoms with Gasteiger partial charge in [-0.3, -0.25) is 14.8 Å². The maximum absolute atomic E-state index is 10.7. The number of aldehydes is 1. The van der Waals surface area contributed by atoms with Crippen LogP contribution in [0, 0.1) is 0 Å². The molecule has 3 N–H and O–H groups in total. The second-order valence-corrected chi connectivity index (χ2v) is 9.47. The van der Waals surface area contributed by atoms with Gasteiger partial charge >= 0.3 is 23.9 Å². The molecular formula is C21H26Cl2N4O10S3. The summed E-state index contributed by atoms with van der Waals surface area (Å²) in [5, 5.41) is 7.62. The van der Waals surface area contributed by atoms with Crippen LogP contribution in [-0.2, 0) is 39.9 Å². The van der Waals surface area contributed by atoms with Gasteiger partial charge in [-0.1, -0.05) is 11.3 Å². The van der Waals surface area contributed by atoms with Crippen LogP contribution in [0.2, 0.25) is 0 Å². The molecule has 0 amide bonds. The Kier molecular flexibility index (Phi) is 24.1. The third-order valence-electron chi connectivity index (χ3n) is 3.25. The van der Waals surface area contributed by atoms with Crippen molar-refractivity contribution in [3.63, 3.8) is 0 Å². The van der Waals surface area contributed by atoms with Crippen molar-refractivity contribution in [2.45, 2.75) is 12.0 Å². The third-order valence-corrected chi connectivity index (χ3v) is 6.07. The molecule has 0 saturated carbocycles. The average molecular weight is 662 g/mol. The molecule has 0 aliphatic rings. The van der Waals surface area contributed by atoms with Gasteiger partial charge in [-0.15, -0.1) is 45.9 Å². The Morgan fingerprint density at radius 2 is 1.52 bits per heavy atom. The standard InChI is InChI=1S/C5H6N2O2S.C5H5NO2S.C4H5ClO3.C4H5NOS.C3H5ClO2/c1-9-4(8)3-2-7-5(6)10-3;1-8-5(7)4-2-6-3-9-4;1-8-4(7)3(5)2-6;6-2-4-1-5-3-7-4;1-6-3(5)2-4/h2H,1H3,(H2,6,7);2-3H,1H3;2-3H,1H3;1,3,6H,2H2;2H2,1H3. The van der Waals surface area contributed by atoms with E-state index in [0.717, 1.165) is 16.2 Å². The van der Waals surface area contributed by atoms with Crippen LogP contribution in [-0.4, -0.2) is 89.9 Å². The van der Waals surface area contributed by atoms with Crippen LogP contribution in [0.3, 0.4) is 0 Å². The molecule has 0 spiro atoms. The molecule has 14 nitrogen and oxygen atoms in total. The highest BCUT2D eigenvalue weighted by molar-refractivity contribution is 7.17. The Bertz CT molecular complexity index is 1110. The summed E-state index contributed by atoms with van der Waals surface area (Å²) in [5.74, 6) is -1.89. The number of nitrogen functional groups attached to an aromatic ring is 1. The van der Waals surface area contributed by atoms with E-state index in [0.29, 0.717) is 21.2 Å². The van der Waals surface area contributed by atoms with Crippen LogP contribution in [0.25, 0.3) is 0 Å². The first-order chi connectivity index (χ1) is 19.0. The van der Waals surface area contributed by atoms with Gasteiger partial charge in [-0.2, -0.15) is 0 Å². The summed E-state index contributed by atoms with van der Waals surface area (Å²) >= 11 is 13.9. The van der Waals surface area contributed by atoms with E-state index in [2.05, 4.69) is 33.9 Å². The molecule has 19 heteroatoms. The number of alkyl halides is 2. The van der Waals surface area contributed by atoms with E-state index in [9.17, 15) is 24.0 Å². The van der Waals surface area contributed by atoms with Gasteiger partial charge in [-0.05, 0) is 0 Å². The fourth-order valence-electron chi connectivity index (χ4n) is 1.44. The normalized spacial score (nSPS) is 9.57. The topological polar surface area (TPSA) is 207 Å². The number of esters is 4. The lowest BCUT2D eigenvalue weighted by Crippen LogP contribution is -2.16. The lowest BCUT2D eigenvalue weighted by molar-refractivity contribution is -0.141. The predicted octanol–water partition coefficient (Wildman–Crippen LogP) is 2.44. The van der Waals surface area contributed by atoms with Crippen molar-refractivity contribution in [3.8, 4) is 0 Å². The maximum atomic E-state index is 10.7. The molecule has 0 saturated heterocycles. The zero-order chi connectivity index (χ0) is 30.9. The number of aliphatic hydroxyl groups excluding tert-OH is 1. The highest BCUT2D eigenvalue weighted by atomic mass is 35.5. The van der Waals surface area contributed by atoms with Crippen LogP contribution in [0.4, 0.5) is 5.13 Å². The summed E-state index contributed by atoms with van der Waals surface area (Å²) in [4.78, 5) is 64.0. The van der Waals surface area contributed by atoms with Gasteiger partial charge < -0.3 is 34.6 Å². The molecule has 0 aromatic carbocycles. The van der Waals surface area contributed by atoms with Crippen LogP contribution in [0.15, 0.2) is 29.6 Å². The van der Waals surface area contributed by atoms with E-state index in [-0.39, 0.29) is 18.5 Å². The van der Waals surface area contributed by atoms with Gasteiger partial charge in [0.25, 0.3) is 0 Å². The minimum absolute atomic E-state index is 0.0590. The number of carbonyl (C=O) groups excluding carboxylic acids is 5. The molecule has 40 heavy (non-hydrogen) atoms. The highest BCUT2D eigenvalue weighted by Crippen LogP contribution is 2.14. The molecule has 3 aromatic heterocycles. The first-order valence-electron chi connectivity index (χ1n) is 10.1. The average Bonchev–Trinajstić information content (AvgIpc) is 3.80.